The third kappa shape index (κ3) is 7.67. The van der Waals surface area contributed by atoms with Gasteiger partial charge >= 0.3 is 0 Å². The van der Waals surface area contributed by atoms with Gasteiger partial charge in [0, 0.05) is 10.9 Å². The van der Waals surface area contributed by atoms with Gasteiger partial charge in [-0.25, -0.2) is 0 Å². The molecule has 0 aliphatic rings. The first-order valence-electron chi connectivity index (χ1n) is 6.81. The maximum Gasteiger partial charge on any atom is 0.0246 e. The summed E-state index contributed by atoms with van der Waals surface area (Å²) in [4.78, 5) is 2.47. The van der Waals surface area contributed by atoms with Crippen LogP contribution in [0.2, 0.25) is 0 Å². The molecule has 0 heterocycles. The second-order valence-electron chi connectivity index (χ2n) is 5.49. The zero-order chi connectivity index (χ0) is 12.4. The maximum absolute atomic E-state index is 3.58. The lowest BCUT2D eigenvalue weighted by Crippen LogP contribution is -2.43. The summed E-state index contributed by atoms with van der Waals surface area (Å²) in [5, 5.41) is 1.05. The smallest absolute Gasteiger partial charge is 0.0246 e. The van der Waals surface area contributed by atoms with Crippen LogP contribution in [0, 0.1) is 0 Å². The molecule has 0 N–H and O–H groups in total. The Labute approximate surface area is 111 Å². The maximum atomic E-state index is 3.58. The molecule has 0 aromatic rings. The van der Waals surface area contributed by atoms with E-state index >= 15 is 0 Å². The lowest BCUT2D eigenvalue weighted by atomic mass is 10.1. The van der Waals surface area contributed by atoms with Crippen LogP contribution in [0.1, 0.15) is 65.7 Å². The highest BCUT2D eigenvalue weighted by molar-refractivity contribution is 9.09. The molecule has 0 aliphatic heterocycles. The zero-order valence-electron chi connectivity index (χ0n) is 11.7. The minimum Gasteiger partial charge on any atom is -0.300 e. The molecule has 0 spiro atoms. The monoisotopic (exact) mass is 291 g/mol. The lowest BCUT2D eigenvalue weighted by Gasteiger charge is -2.34. The molecule has 0 rings (SSSR count). The molecule has 0 aliphatic carbocycles. The highest BCUT2D eigenvalue weighted by Gasteiger charge is 2.20. The van der Waals surface area contributed by atoms with Crippen molar-refractivity contribution in [3.8, 4) is 0 Å². The summed E-state index contributed by atoms with van der Waals surface area (Å²) in [5.41, 5.74) is 0.294. The second kappa shape index (κ2) is 9.47. The first-order valence-corrected chi connectivity index (χ1v) is 7.94. The Morgan fingerprint density at radius 2 is 1.44 bits per heavy atom. The van der Waals surface area contributed by atoms with Gasteiger partial charge in [0.15, 0.2) is 0 Å². The summed E-state index contributed by atoms with van der Waals surface area (Å²) in [6.45, 7) is 8.09. The molecule has 0 amide bonds. The quantitative estimate of drug-likeness (QED) is 0.411. The fourth-order valence-corrected chi connectivity index (χ4v) is 2.14. The van der Waals surface area contributed by atoms with Crippen molar-refractivity contribution in [1.82, 2.24) is 4.90 Å². The number of nitrogens with zero attached hydrogens (tertiary/aromatic N) is 1. The Kier molecular flexibility index (Phi) is 9.73. The molecule has 0 bridgehead atoms. The summed E-state index contributed by atoms with van der Waals surface area (Å²) < 4.78 is 0. The van der Waals surface area contributed by atoms with E-state index in [1.165, 1.54) is 51.5 Å². The number of alkyl halides is 1. The summed E-state index contributed by atoms with van der Waals surface area (Å²) in [5.74, 6) is 0. The summed E-state index contributed by atoms with van der Waals surface area (Å²) in [7, 11) is 2.23. The molecule has 16 heavy (non-hydrogen) atoms. The molecule has 0 unspecified atom stereocenters. The van der Waals surface area contributed by atoms with Crippen molar-refractivity contribution in [3.63, 3.8) is 0 Å². The Morgan fingerprint density at radius 3 is 1.94 bits per heavy atom. The van der Waals surface area contributed by atoms with Crippen LogP contribution >= 0.6 is 15.9 Å². The third-order valence-corrected chi connectivity index (χ3v) is 4.83. The van der Waals surface area contributed by atoms with E-state index in [1.54, 1.807) is 0 Å². The zero-order valence-corrected chi connectivity index (χ0v) is 13.3. The highest BCUT2D eigenvalue weighted by Crippen LogP contribution is 2.16. The van der Waals surface area contributed by atoms with Crippen molar-refractivity contribution in [1.29, 1.82) is 0 Å². The van der Waals surface area contributed by atoms with Crippen molar-refractivity contribution < 1.29 is 0 Å². The molecule has 1 nitrogen and oxygen atoms in total. The number of hydrogen-bond donors (Lipinski definition) is 0. The van der Waals surface area contributed by atoms with E-state index in [1.807, 2.05) is 0 Å². The number of halogens is 1. The fourth-order valence-electron chi connectivity index (χ4n) is 1.71. The molecule has 0 atom stereocenters. The van der Waals surface area contributed by atoms with E-state index in [-0.39, 0.29) is 0 Å². The fraction of sp³-hybridized carbons (Fsp3) is 1.00. The third-order valence-electron chi connectivity index (χ3n) is 3.46. The van der Waals surface area contributed by atoms with Gasteiger partial charge in [0.25, 0.3) is 0 Å². The average Bonchev–Trinajstić information content (AvgIpc) is 2.27. The number of hydrogen-bond acceptors (Lipinski definition) is 1. The molecular formula is C14H30BrN. The molecule has 0 saturated heterocycles. The first kappa shape index (κ1) is 16.4. The van der Waals surface area contributed by atoms with Crippen LogP contribution in [0.3, 0.4) is 0 Å². The van der Waals surface area contributed by atoms with Crippen LogP contribution in [0.25, 0.3) is 0 Å². The minimum absolute atomic E-state index is 0.294. The average molecular weight is 292 g/mol. The van der Waals surface area contributed by atoms with Gasteiger partial charge in [-0.05, 0) is 33.9 Å². The topological polar surface area (TPSA) is 3.24 Å². The number of unbranched alkanes of at least 4 members (excludes halogenated alkanes) is 6. The molecule has 0 saturated carbocycles. The lowest BCUT2D eigenvalue weighted by molar-refractivity contribution is 0.178. The van der Waals surface area contributed by atoms with Crippen LogP contribution in [0.15, 0.2) is 0 Å². The van der Waals surface area contributed by atoms with Crippen molar-refractivity contribution in [3.05, 3.63) is 0 Å². The summed E-state index contributed by atoms with van der Waals surface area (Å²) in [6, 6.07) is 0. The van der Waals surface area contributed by atoms with Crippen molar-refractivity contribution in [2.24, 2.45) is 0 Å². The van der Waals surface area contributed by atoms with Gasteiger partial charge in [-0.2, -0.15) is 0 Å². The number of rotatable bonds is 10. The van der Waals surface area contributed by atoms with E-state index in [9.17, 15) is 0 Å². The minimum atomic E-state index is 0.294. The second-order valence-corrected chi connectivity index (χ2v) is 6.05. The van der Waals surface area contributed by atoms with Crippen LogP contribution < -0.4 is 0 Å². The molecule has 0 radical (unpaired) electrons. The predicted molar refractivity (Wildman–Crippen MR) is 78.5 cm³/mol. The van der Waals surface area contributed by atoms with Gasteiger partial charge in [0.1, 0.15) is 0 Å². The van der Waals surface area contributed by atoms with Gasteiger partial charge in [-0.1, -0.05) is 61.4 Å². The first-order chi connectivity index (χ1) is 7.54. The van der Waals surface area contributed by atoms with Crippen molar-refractivity contribution >= 4 is 15.9 Å². The van der Waals surface area contributed by atoms with E-state index in [0.717, 1.165) is 5.33 Å². The molecule has 2 heteroatoms. The van der Waals surface area contributed by atoms with E-state index < -0.39 is 0 Å². The molecule has 0 fully saturated rings. The van der Waals surface area contributed by atoms with Gasteiger partial charge in [0.2, 0.25) is 0 Å². The van der Waals surface area contributed by atoms with Crippen LogP contribution in [-0.2, 0) is 0 Å². The van der Waals surface area contributed by atoms with Gasteiger partial charge in [-0.15, -0.1) is 0 Å². The van der Waals surface area contributed by atoms with E-state index in [2.05, 4.69) is 48.6 Å². The van der Waals surface area contributed by atoms with Gasteiger partial charge < -0.3 is 4.90 Å². The summed E-state index contributed by atoms with van der Waals surface area (Å²) in [6.07, 6.45) is 9.78. The molecule has 98 valence electrons. The van der Waals surface area contributed by atoms with Crippen LogP contribution in [0.4, 0.5) is 0 Å². The van der Waals surface area contributed by atoms with Crippen LogP contribution in [0.5, 0.6) is 0 Å². The largest absolute Gasteiger partial charge is 0.300 e. The summed E-state index contributed by atoms with van der Waals surface area (Å²) >= 11 is 3.58. The van der Waals surface area contributed by atoms with E-state index in [4.69, 9.17) is 0 Å². The highest BCUT2D eigenvalue weighted by atomic mass is 79.9. The normalized spacial score (nSPS) is 12.4. The SMILES string of the molecule is CCCCCCCCCN(C)C(C)(C)CBr. The Morgan fingerprint density at radius 1 is 0.938 bits per heavy atom. The predicted octanol–water partition coefficient (Wildman–Crippen LogP) is 4.84. The van der Waals surface area contributed by atoms with Crippen molar-refractivity contribution in [2.75, 3.05) is 18.9 Å². The van der Waals surface area contributed by atoms with Gasteiger partial charge in [0.05, 0.1) is 0 Å². The molecule has 0 aromatic carbocycles. The van der Waals surface area contributed by atoms with Gasteiger partial charge in [-0.3, -0.25) is 0 Å². The Bertz CT molecular complexity index is 157. The van der Waals surface area contributed by atoms with Crippen molar-refractivity contribution in [2.45, 2.75) is 71.3 Å². The Hall–Kier alpha value is 0.440. The van der Waals surface area contributed by atoms with E-state index in [0.29, 0.717) is 5.54 Å². The molecular weight excluding hydrogens is 262 g/mol. The van der Waals surface area contributed by atoms with Crippen LogP contribution in [-0.4, -0.2) is 29.4 Å². The standard InChI is InChI=1S/C14H30BrN/c1-5-6-7-8-9-10-11-12-16(4)14(2,3)13-15/h5-13H2,1-4H3. The Balaban J connectivity index is 3.38. The molecule has 0 aromatic heterocycles.